The summed E-state index contributed by atoms with van der Waals surface area (Å²) in [6.07, 6.45) is -20.1. The van der Waals surface area contributed by atoms with E-state index in [1.165, 1.54) is 0 Å². The number of phenols is 3. The average molecular weight is 1070 g/mol. The summed E-state index contributed by atoms with van der Waals surface area (Å²) >= 11 is 0. The maximum Gasteiger partial charge on any atom is 0.124 e. The molecule has 1 aliphatic heterocycles. The van der Waals surface area contributed by atoms with Crippen LogP contribution < -0.4 is 16.0 Å². The molecule has 0 bridgehead atoms. The number of nitrogens with one attached hydrogen (secondary N) is 3. The lowest BCUT2D eigenvalue weighted by molar-refractivity contribution is -0.114. The number of phenolic OH excluding ortho intramolecular Hbond substituents is 3. The molecule has 1 heterocycles. The Hall–Kier alpha value is -3.78. The first-order valence-corrected chi connectivity index (χ1v) is 25.2. The Balaban J connectivity index is 1.57. The largest absolute Gasteiger partial charge is 0.507 e. The van der Waals surface area contributed by atoms with Gasteiger partial charge in [-0.2, -0.15) is 0 Å². The first-order valence-electron chi connectivity index (χ1n) is 25.2. The highest BCUT2D eigenvalue weighted by Gasteiger charge is 2.32. The van der Waals surface area contributed by atoms with Crippen LogP contribution in [0.5, 0.6) is 17.2 Å². The lowest BCUT2D eigenvalue weighted by Crippen LogP contribution is -2.48. The van der Waals surface area contributed by atoms with Crippen LogP contribution in [-0.4, -0.2) is 259 Å². The Labute approximate surface area is 437 Å². The Kier molecular flexibility index (Phi) is 26.3. The van der Waals surface area contributed by atoms with Crippen molar-refractivity contribution in [2.24, 2.45) is 0 Å². The summed E-state index contributed by atoms with van der Waals surface area (Å²) in [5.41, 5.74) is 5.85. The highest BCUT2D eigenvalue weighted by atomic mass is 16.4. The number of hydrogen-bond acceptors (Lipinski definition) is 24. The molecule has 4 rings (SSSR count). The van der Waals surface area contributed by atoms with E-state index in [0.717, 1.165) is 16.7 Å². The summed E-state index contributed by atoms with van der Waals surface area (Å²) in [6.45, 7) is 6.74. The fraction of sp³-hybridized carbons (Fsp3) is 0.647. The molecule has 426 valence electrons. The van der Waals surface area contributed by atoms with Gasteiger partial charge in [-0.25, -0.2) is 0 Å². The van der Waals surface area contributed by atoms with Gasteiger partial charge in [0.25, 0.3) is 0 Å². The predicted octanol–water partition coefficient (Wildman–Crippen LogP) is -5.87. The summed E-state index contributed by atoms with van der Waals surface area (Å²) in [5, 5.41) is 193. The average Bonchev–Trinajstić information content (AvgIpc) is 3.47. The topological polar surface area (TPSA) is 410 Å². The van der Waals surface area contributed by atoms with Crippen molar-refractivity contribution in [2.75, 3.05) is 78.7 Å². The molecule has 1 fully saturated rings. The molecule has 0 aromatic heterocycles. The molecule has 0 radical (unpaired) electrons. The minimum absolute atomic E-state index is 0.00557. The number of aromatic hydroxyl groups is 3. The number of benzene rings is 3. The SMILES string of the molecule is Cc1cc(CNCC(O)C(O)C(O)C(O)CO)c(O)c(CN2CCN(Cc3cc(C)cc(CNCC(O)C(O)C(O)C(O)CO)c3O)CCN(Cc3cc(C)cc(CNCC(O)C(O)C(O)C(O)CO)c3O)CC2)c1. The van der Waals surface area contributed by atoms with Crippen molar-refractivity contribution in [1.29, 1.82) is 0 Å². The lowest BCUT2D eigenvalue weighted by atomic mass is 10.0. The number of aryl methyl sites for hydroxylation is 3. The number of rotatable bonds is 30. The van der Waals surface area contributed by atoms with Crippen LogP contribution in [0.4, 0.5) is 0 Å². The highest BCUT2D eigenvalue weighted by Crippen LogP contribution is 2.30. The summed E-state index contributed by atoms with van der Waals surface area (Å²) in [5.74, 6) is 0.0167. The van der Waals surface area contributed by atoms with Crippen LogP contribution >= 0.6 is 0 Å². The molecule has 21 N–H and O–H groups in total. The van der Waals surface area contributed by atoms with Crippen molar-refractivity contribution in [1.82, 2.24) is 30.7 Å². The number of aliphatic hydroxyl groups is 15. The Morgan fingerprint density at radius 3 is 0.760 bits per heavy atom. The van der Waals surface area contributed by atoms with Gasteiger partial charge in [0.1, 0.15) is 72.2 Å². The molecule has 12 atom stereocenters. The second-order valence-corrected chi connectivity index (χ2v) is 19.9. The van der Waals surface area contributed by atoms with Crippen molar-refractivity contribution >= 4 is 0 Å². The van der Waals surface area contributed by atoms with E-state index in [0.29, 0.717) is 92.3 Å². The van der Waals surface area contributed by atoms with Crippen LogP contribution in [-0.2, 0) is 39.3 Å². The van der Waals surface area contributed by atoms with Gasteiger partial charge in [0.2, 0.25) is 0 Å². The minimum atomic E-state index is -1.79. The fourth-order valence-corrected chi connectivity index (χ4v) is 9.07. The van der Waals surface area contributed by atoms with Crippen LogP contribution in [0, 0.1) is 20.8 Å². The molecule has 3 aromatic rings. The normalized spacial score (nSPS) is 19.4. The molecule has 0 spiro atoms. The van der Waals surface area contributed by atoms with E-state index in [-0.39, 0.29) is 56.5 Å². The van der Waals surface area contributed by atoms with Crippen molar-refractivity contribution in [3.05, 3.63) is 86.5 Å². The van der Waals surface area contributed by atoms with Gasteiger partial charge in [0.05, 0.1) is 38.1 Å². The van der Waals surface area contributed by atoms with Crippen LogP contribution in [0.25, 0.3) is 0 Å². The number of aliphatic hydroxyl groups excluding tert-OH is 15. The first-order chi connectivity index (χ1) is 35.5. The first kappa shape index (κ1) is 63.8. The quantitative estimate of drug-likeness (QED) is 0.0296. The van der Waals surface area contributed by atoms with Gasteiger partial charge >= 0.3 is 0 Å². The second-order valence-electron chi connectivity index (χ2n) is 19.9. The van der Waals surface area contributed by atoms with Gasteiger partial charge in [-0.15, -0.1) is 0 Å². The zero-order valence-corrected chi connectivity index (χ0v) is 43.0. The van der Waals surface area contributed by atoms with Gasteiger partial charge in [-0.3, -0.25) is 14.7 Å². The number of nitrogens with zero attached hydrogens (tertiary/aromatic N) is 3. The van der Waals surface area contributed by atoms with Crippen molar-refractivity contribution < 1.29 is 91.9 Å². The fourth-order valence-electron chi connectivity index (χ4n) is 9.07. The summed E-state index contributed by atoms with van der Waals surface area (Å²) < 4.78 is 0. The Bertz CT molecular complexity index is 1940. The maximum absolute atomic E-state index is 11.6. The lowest BCUT2D eigenvalue weighted by Gasteiger charge is -2.27. The van der Waals surface area contributed by atoms with E-state index in [1.807, 2.05) is 39.0 Å². The second kappa shape index (κ2) is 31.0. The molecule has 0 aliphatic carbocycles. The van der Waals surface area contributed by atoms with Crippen LogP contribution in [0.15, 0.2) is 36.4 Å². The molecular formula is C51H84N6O18. The van der Waals surface area contributed by atoms with E-state index >= 15 is 0 Å². The van der Waals surface area contributed by atoms with Gasteiger partial charge in [0.15, 0.2) is 0 Å². The molecule has 1 aliphatic rings. The van der Waals surface area contributed by atoms with Gasteiger partial charge in [0, 0.05) is 132 Å². The highest BCUT2D eigenvalue weighted by molar-refractivity contribution is 5.45. The van der Waals surface area contributed by atoms with E-state index in [4.69, 9.17) is 15.3 Å². The van der Waals surface area contributed by atoms with Gasteiger partial charge in [-0.05, 0) is 20.8 Å². The molecular weight excluding hydrogens is 985 g/mol. The Morgan fingerprint density at radius 1 is 0.347 bits per heavy atom. The summed E-state index contributed by atoms with van der Waals surface area (Å²) in [4.78, 5) is 6.52. The molecule has 0 amide bonds. The molecule has 24 heteroatoms. The van der Waals surface area contributed by atoms with Crippen LogP contribution in [0.2, 0.25) is 0 Å². The van der Waals surface area contributed by atoms with Crippen molar-refractivity contribution in [3.63, 3.8) is 0 Å². The van der Waals surface area contributed by atoms with Crippen molar-refractivity contribution in [3.8, 4) is 17.2 Å². The van der Waals surface area contributed by atoms with E-state index in [2.05, 4.69) is 30.7 Å². The molecule has 0 saturated carbocycles. The third kappa shape index (κ3) is 19.0. The van der Waals surface area contributed by atoms with Gasteiger partial charge < -0.3 is 108 Å². The third-order valence-corrected chi connectivity index (χ3v) is 13.6. The minimum Gasteiger partial charge on any atom is -0.507 e. The van der Waals surface area contributed by atoms with E-state index in [9.17, 15) is 76.6 Å². The van der Waals surface area contributed by atoms with E-state index < -0.39 is 93.1 Å². The standard InChI is InChI=1S/C51H84N6O18/c1-28-10-31(16-52-19-37(61)46(70)49(73)40(64)25-58)43(67)34(13-28)22-55-4-6-56(23-35-14-29(2)11-32(44(35)68)17-53-20-38(62)47(71)50(74)41(65)26-59)8-9-57(7-5-55)24-36-15-30(3)12-33(45(36)69)18-54-21-39(63)48(72)51(75)42(66)27-60/h10-15,37-42,46-54,58-75H,4-9,16-27H2,1-3H3. The molecule has 24 nitrogen and oxygen atoms in total. The third-order valence-electron chi connectivity index (χ3n) is 13.6. The zero-order valence-electron chi connectivity index (χ0n) is 43.0. The molecule has 75 heavy (non-hydrogen) atoms. The molecule has 1 saturated heterocycles. The van der Waals surface area contributed by atoms with Crippen molar-refractivity contribution in [2.45, 2.75) is 133 Å². The smallest absolute Gasteiger partial charge is 0.124 e. The summed E-state index contributed by atoms with van der Waals surface area (Å²) in [6, 6.07) is 10.9. The maximum atomic E-state index is 11.6. The summed E-state index contributed by atoms with van der Waals surface area (Å²) in [7, 11) is 0. The van der Waals surface area contributed by atoms with Gasteiger partial charge in [-0.1, -0.05) is 53.1 Å². The Morgan fingerprint density at radius 2 is 0.547 bits per heavy atom. The van der Waals surface area contributed by atoms with Crippen LogP contribution in [0.1, 0.15) is 50.1 Å². The number of hydrogen-bond donors (Lipinski definition) is 21. The predicted molar refractivity (Wildman–Crippen MR) is 273 cm³/mol. The molecule has 3 aromatic carbocycles. The van der Waals surface area contributed by atoms with Crippen LogP contribution in [0.3, 0.4) is 0 Å². The zero-order chi connectivity index (χ0) is 55.7. The van der Waals surface area contributed by atoms with E-state index in [1.54, 1.807) is 18.2 Å². The molecule has 12 unspecified atom stereocenters. The monoisotopic (exact) mass is 1070 g/mol.